The van der Waals surface area contributed by atoms with Crippen LogP contribution in [0.3, 0.4) is 0 Å². The smallest absolute Gasteiger partial charge is 0.255 e. The van der Waals surface area contributed by atoms with Crippen LogP contribution in [0.2, 0.25) is 5.02 Å². The lowest BCUT2D eigenvalue weighted by molar-refractivity contribution is -0.177. The maximum Gasteiger partial charge on any atom is 0.255 e. The maximum absolute atomic E-state index is 14.3. The molecule has 2 atom stereocenters. The van der Waals surface area contributed by atoms with Gasteiger partial charge in [-0.3, -0.25) is 4.79 Å². The number of pyridine rings is 1. The van der Waals surface area contributed by atoms with Gasteiger partial charge in [-0.25, -0.2) is 15.0 Å². The molecule has 0 radical (unpaired) electrons. The van der Waals surface area contributed by atoms with Crippen molar-refractivity contribution in [1.82, 2.24) is 20.3 Å². The first-order valence-corrected chi connectivity index (χ1v) is 11.4. The zero-order valence-corrected chi connectivity index (χ0v) is 19.4. The van der Waals surface area contributed by atoms with Crippen molar-refractivity contribution < 1.29 is 18.7 Å². The van der Waals surface area contributed by atoms with Crippen molar-refractivity contribution >= 4 is 29.1 Å². The highest BCUT2D eigenvalue weighted by Crippen LogP contribution is 2.29. The van der Waals surface area contributed by atoms with Crippen molar-refractivity contribution in [3.8, 4) is 11.3 Å². The van der Waals surface area contributed by atoms with Gasteiger partial charge in [-0.2, -0.15) is 4.39 Å². The molecule has 0 unspecified atom stereocenters. The molecule has 0 spiro atoms. The average Bonchev–Trinajstić information content (AvgIpc) is 2.80. The van der Waals surface area contributed by atoms with Crippen LogP contribution in [0.15, 0.2) is 18.5 Å². The van der Waals surface area contributed by atoms with Gasteiger partial charge in [-0.05, 0) is 39.3 Å². The van der Waals surface area contributed by atoms with E-state index in [1.165, 1.54) is 12.4 Å². The Bertz CT molecular complexity index is 1000. The van der Waals surface area contributed by atoms with Gasteiger partial charge in [0.1, 0.15) is 5.82 Å². The van der Waals surface area contributed by atoms with Crippen LogP contribution >= 0.6 is 11.6 Å². The molecule has 4 rings (SSSR count). The van der Waals surface area contributed by atoms with Crippen molar-refractivity contribution in [3.05, 3.63) is 29.4 Å². The lowest BCUT2D eigenvalue weighted by atomic mass is 9.99. The lowest BCUT2D eigenvalue weighted by Crippen LogP contribution is -2.45. The van der Waals surface area contributed by atoms with E-state index in [4.69, 9.17) is 21.1 Å². The molecule has 2 aliphatic heterocycles. The predicted octanol–water partition coefficient (Wildman–Crippen LogP) is 2.88. The number of hydrogen-bond donors (Lipinski definition) is 3. The molecule has 2 aromatic rings. The van der Waals surface area contributed by atoms with Crippen molar-refractivity contribution in [2.75, 3.05) is 43.5 Å². The summed E-state index contributed by atoms with van der Waals surface area (Å²) >= 11 is 6.33. The van der Waals surface area contributed by atoms with Gasteiger partial charge in [-0.1, -0.05) is 11.6 Å². The highest BCUT2D eigenvalue weighted by Gasteiger charge is 2.29. The summed E-state index contributed by atoms with van der Waals surface area (Å²) in [5.74, 6) is -0.629. The largest absolute Gasteiger partial charge is 0.376 e. The summed E-state index contributed by atoms with van der Waals surface area (Å²) in [7, 11) is 0. The second-order valence-electron chi connectivity index (χ2n) is 8.87. The summed E-state index contributed by atoms with van der Waals surface area (Å²) in [6.07, 6.45) is 4.25. The number of amides is 1. The van der Waals surface area contributed by atoms with Gasteiger partial charge in [-0.15, -0.1) is 0 Å². The summed E-state index contributed by atoms with van der Waals surface area (Å²) in [4.78, 5) is 24.9. The van der Waals surface area contributed by atoms with E-state index in [1.54, 1.807) is 6.07 Å². The van der Waals surface area contributed by atoms with Crippen LogP contribution in [0.1, 0.15) is 26.7 Å². The van der Waals surface area contributed by atoms with Gasteiger partial charge in [0.25, 0.3) is 5.95 Å². The van der Waals surface area contributed by atoms with Crippen LogP contribution in [-0.2, 0) is 14.3 Å². The fraction of sp³-hybridized carbons (Fsp3) is 0.545. The molecular formula is C22H28ClFN6O3. The van der Waals surface area contributed by atoms with Crippen LogP contribution in [0.5, 0.6) is 0 Å². The van der Waals surface area contributed by atoms with E-state index >= 15 is 0 Å². The molecular weight excluding hydrogens is 451 g/mol. The zero-order valence-electron chi connectivity index (χ0n) is 18.7. The molecule has 0 saturated carbocycles. The molecule has 33 heavy (non-hydrogen) atoms. The molecule has 0 bridgehead atoms. The fourth-order valence-corrected chi connectivity index (χ4v) is 4.09. The van der Waals surface area contributed by atoms with Gasteiger partial charge in [0.15, 0.2) is 5.82 Å². The second-order valence-corrected chi connectivity index (χ2v) is 9.28. The van der Waals surface area contributed by atoms with E-state index in [0.29, 0.717) is 48.4 Å². The quantitative estimate of drug-likeness (QED) is 0.581. The first kappa shape index (κ1) is 23.7. The predicted molar refractivity (Wildman–Crippen MR) is 123 cm³/mol. The molecule has 178 valence electrons. The number of nitrogens with one attached hydrogen (secondary N) is 3. The molecule has 9 nitrogen and oxygen atoms in total. The monoisotopic (exact) mass is 478 g/mol. The minimum atomic E-state index is -0.738. The van der Waals surface area contributed by atoms with E-state index in [2.05, 4.69) is 30.9 Å². The van der Waals surface area contributed by atoms with Crippen molar-refractivity contribution in [2.24, 2.45) is 5.92 Å². The normalized spacial score (nSPS) is 22.5. The molecule has 2 fully saturated rings. The number of carbonyl (C=O) groups is 1. The molecule has 11 heteroatoms. The summed E-state index contributed by atoms with van der Waals surface area (Å²) in [6.45, 7) is 6.64. The van der Waals surface area contributed by atoms with Crippen molar-refractivity contribution in [3.63, 3.8) is 0 Å². The van der Waals surface area contributed by atoms with Crippen LogP contribution in [0.4, 0.5) is 16.0 Å². The number of nitrogens with zero attached hydrogens (tertiary/aromatic N) is 3. The summed E-state index contributed by atoms with van der Waals surface area (Å²) in [5.41, 5.74) is 0.426. The Labute approximate surface area is 196 Å². The number of aromatic nitrogens is 3. The summed E-state index contributed by atoms with van der Waals surface area (Å²) in [5, 5.41) is 9.31. The Morgan fingerprint density at radius 3 is 2.97 bits per heavy atom. The zero-order chi connectivity index (χ0) is 23.4. The van der Waals surface area contributed by atoms with Crippen molar-refractivity contribution in [2.45, 2.75) is 38.4 Å². The van der Waals surface area contributed by atoms with Crippen LogP contribution in [0, 0.1) is 11.9 Å². The highest BCUT2D eigenvalue weighted by molar-refractivity contribution is 6.33. The summed E-state index contributed by atoms with van der Waals surface area (Å²) in [6, 6.07) is 1.61. The Kier molecular flexibility index (Phi) is 7.38. The molecule has 0 aliphatic carbocycles. The molecule has 1 amide bonds. The van der Waals surface area contributed by atoms with Crippen LogP contribution in [0.25, 0.3) is 11.3 Å². The van der Waals surface area contributed by atoms with Gasteiger partial charge < -0.3 is 25.4 Å². The third-order valence-corrected chi connectivity index (χ3v) is 5.82. The number of rotatable bonds is 6. The maximum atomic E-state index is 14.3. The number of piperidine rings is 1. The van der Waals surface area contributed by atoms with E-state index in [1.807, 2.05) is 13.8 Å². The van der Waals surface area contributed by atoms with Crippen LogP contribution < -0.4 is 16.0 Å². The topological polar surface area (TPSA) is 110 Å². The summed E-state index contributed by atoms with van der Waals surface area (Å²) < 4.78 is 25.8. The number of halogens is 2. The fourth-order valence-electron chi connectivity index (χ4n) is 3.89. The number of carbonyl (C=O) groups excluding carboxylic acids is 1. The average molecular weight is 479 g/mol. The molecule has 2 saturated heterocycles. The Morgan fingerprint density at radius 1 is 1.36 bits per heavy atom. The van der Waals surface area contributed by atoms with E-state index < -0.39 is 11.5 Å². The SMILES string of the molecule is CC1(C)COC[C@H](CNc2nc(-c3cc(NC(=O)[C@@H]4CCCNC4)ncc3Cl)cnc2F)O1. The molecule has 2 aliphatic rings. The molecule has 0 aromatic carbocycles. The second kappa shape index (κ2) is 10.3. The van der Waals surface area contributed by atoms with Crippen molar-refractivity contribution in [1.29, 1.82) is 0 Å². The molecule has 3 N–H and O–H groups in total. The Hall–Kier alpha value is -2.40. The van der Waals surface area contributed by atoms with Gasteiger partial charge in [0.2, 0.25) is 5.91 Å². The first-order valence-electron chi connectivity index (χ1n) is 11.0. The highest BCUT2D eigenvalue weighted by atomic mass is 35.5. The number of hydrogen-bond acceptors (Lipinski definition) is 8. The van der Waals surface area contributed by atoms with Gasteiger partial charge in [0, 0.05) is 24.8 Å². The van der Waals surface area contributed by atoms with E-state index in [-0.39, 0.29) is 23.7 Å². The standard InChI is InChI=1S/C22H28ClFN6O3/c1-22(2)12-32-11-14(33-22)8-28-20-19(24)27-10-17(29-20)15-6-18(26-9-16(15)23)30-21(31)13-4-3-5-25-7-13/h6,9-10,13-14,25H,3-5,7-8,11-12H2,1-2H3,(H,28,29)(H,26,30,31)/t13-,14+/m1/s1. The van der Waals surface area contributed by atoms with Gasteiger partial charge >= 0.3 is 0 Å². The Balaban J connectivity index is 1.48. The molecule has 4 heterocycles. The minimum Gasteiger partial charge on any atom is -0.376 e. The number of anilines is 2. The third kappa shape index (κ3) is 6.14. The van der Waals surface area contributed by atoms with E-state index in [0.717, 1.165) is 19.4 Å². The van der Waals surface area contributed by atoms with Crippen LogP contribution in [-0.4, -0.2) is 65.4 Å². The minimum absolute atomic E-state index is 0.0220. The Morgan fingerprint density at radius 2 is 2.21 bits per heavy atom. The van der Waals surface area contributed by atoms with E-state index in [9.17, 15) is 9.18 Å². The van der Waals surface area contributed by atoms with Gasteiger partial charge in [0.05, 0.1) is 47.8 Å². The first-order chi connectivity index (χ1) is 15.8. The molecule has 2 aromatic heterocycles. The third-order valence-electron chi connectivity index (χ3n) is 5.51. The number of ether oxygens (including phenoxy) is 2. The lowest BCUT2D eigenvalue weighted by Gasteiger charge is -2.35.